The predicted molar refractivity (Wildman–Crippen MR) is 55.9 cm³/mol. The molecule has 0 aromatic heterocycles. The Morgan fingerprint density at radius 3 is 1.77 bits per heavy atom. The van der Waals surface area contributed by atoms with Crippen molar-refractivity contribution in [1.29, 1.82) is 0 Å². The van der Waals surface area contributed by atoms with Crippen molar-refractivity contribution in [2.24, 2.45) is 23.0 Å². The van der Waals surface area contributed by atoms with Gasteiger partial charge in [0.25, 0.3) is 0 Å². The minimum absolute atomic E-state index is 0.179. The van der Waals surface area contributed by atoms with Crippen LogP contribution in [0.1, 0.15) is 40.5 Å². The van der Waals surface area contributed by atoms with Crippen LogP contribution >= 0.6 is 0 Å². The molecule has 13 heavy (non-hydrogen) atoms. The van der Waals surface area contributed by atoms with Gasteiger partial charge in [0.15, 0.2) is 0 Å². The zero-order valence-electron chi connectivity index (χ0n) is 9.26. The van der Waals surface area contributed by atoms with Gasteiger partial charge in [-0.1, -0.05) is 41.0 Å². The van der Waals surface area contributed by atoms with Crippen LogP contribution in [0.4, 0.5) is 0 Å². The normalized spacial score (nSPS) is 12.5. The van der Waals surface area contributed by atoms with Gasteiger partial charge in [-0.25, -0.2) is 0 Å². The van der Waals surface area contributed by atoms with E-state index in [2.05, 4.69) is 34.6 Å². The highest BCUT2D eigenvalue weighted by molar-refractivity contribution is 5.81. The van der Waals surface area contributed by atoms with Crippen LogP contribution in [0.3, 0.4) is 0 Å². The first-order chi connectivity index (χ1) is 5.89. The van der Waals surface area contributed by atoms with E-state index >= 15 is 0 Å². The van der Waals surface area contributed by atoms with E-state index in [1.807, 2.05) is 0 Å². The lowest BCUT2D eigenvalue weighted by molar-refractivity contribution is -0.134. The Balaban J connectivity index is 4.93. The highest BCUT2D eigenvalue weighted by Crippen LogP contribution is 2.39. The van der Waals surface area contributed by atoms with Gasteiger partial charge < -0.3 is 5.73 Å². The van der Waals surface area contributed by atoms with Crippen LogP contribution in [0.2, 0.25) is 0 Å². The molecule has 1 amide bonds. The fourth-order valence-corrected chi connectivity index (χ4v) is 2.23. The molecule has 2 N–H and O–H groups in total. The third-order valence-corrected chi connectivity index (χ3v) is 3.11. The van der Waals surface area contributed by atoms with E-state index in [0.29, 0.717) is 0 Å². The van der Waals surface area contributed by atoms with Crippen molar-refractivity contribution in [3.63, 3.8) is 0 Å². The molecule has 0 spiro atoms. The molecule has 0 unspecified atom stereocenters. The molecule has 2 nitrogen and oxygen atoms in total. The smallest absolute Gasteiger partial charge is 0.224 e. The molecular formula is C11H22NO. The lowest BCUT2D eigenvalue weighted by Gasteiger charge is -2.38. The second-order valence-corrected chi connectivity index (χ2v) is 4.32. The Kier molecular flexibility index (Phi) is 4.45. The number of hydrogen-bond donors (Lipinski definition) is 1. The molecule has 0 saturated carbocycles. The molecule has 0 rings (SSSR count). The zero-order valence-corrected chi connectivity index (χ0v) is 9.26. The van der Waals surface area contributed by atoms with Gasteiger partial charge >= 0.3 is 0 Å². The Labute approximate surface area is 81.9 Å². The van der Waals surface area contributed by atoms with Gasteiger partial charge in [-0.05, 0) is 18.3 Å². The number of carbonyl (C=O) groups is 1. The van der Waals surface area contributed by atoms with Gasteiger partial charge in [-0.3, -0.25) is 4.79 Å². The van der Waals surface area contributed by atoms with Crippen molar-refractivity contribution < 1.29 is 4.79 Å². The molecule has 0 aliphatic rings. The van der Waals surface area contributed by atoms with Crippen molar-refractivity contribution in [1.82, 2.24) is 0 Å². The fourth-order valence-electron chi connectivity index (χ4n) is 2.23. The summed E-state index contributed by atoms with van der Waals surface area (Å²) in [4.78, 5) is 11.5. The van der Waals surface area contributed by atoms with Crippen LogP contribution in [0, 0.1) is 24.2 Å². The Hall–Kier alpha value is -0.530. The van der Waals surface area contributed by atoms with Crippen molar-refractivity contribution in [3.8, 4) is 0 Å². The van der Waals surface area contributed by atoms with E-state index < -0.39 is 0 Å². The van der Waals surface area contributed by atoms with Gasteiger partial charge in [-0.15, -0.1) is 0 Å². The molecule has 0 saturated heterocycles. The topological polar surface area (TPSA) is 43.1 Å². The quantitative estimate of drug-likeness (QED) is 0.700. The summed E-state index contributed by atoms with van der Waals surface area (Å²) < 4.78 is 0. The summed E-state index contributed by atoms with van der Waals surface area (Å²) >= 11 is 0. The van der Waals surface area contributed by atoms with E-state index in [4.69, 9.17) is 5.73 Å². The Morgan fingerprint density at radius 2 is 1.69 bits per heavy atom. The lowest BCUT2D eigenvalue weighted by Crippen LogP contribution is -2.45. The van der Waals surface area contributed by atoms with E-state index in [-0.39, 0.29) is 23.2 Å². The van der Waals surface area contributed by atoms with Gasteiger partial charge in [0, 0.05) is 0 Å². The summed E-state index contributed by atoms with van der Waals surface area (Å²) in [6.07, 6.45) is 1.55. The third-order valence-electron chi connectivity index (χ3n) is 3.11. The van der Waals surface area contributed by atoms with E-state index in [0.717, 1.165) is 12.8 Å². The second-order valence-electron chi connectivity index (χ2n) is 4.32. The number of carbonyl (C=O) groups excluding carboxylic acids is 1. The molecule has 0 aliphatic heterocycles. The highest BCUT2D eigenvalue weighted by atomic mass is 16.1. The molecule has 0 atom stereocenters. The number of hydrogen-bond acceptors (Lipinski definition) is 1. The van der Waals surface area contributed by atoms with Crippen LogP contribution in [0.25, 0.3) is 0 Å². The molecule has 0 fully saturated rings. The minimum atomic E-state index is -0.373. The highest BCUT2D eigenvalue weighted by Gasteiger charge is 2.41. The van der Waals surface area contributed by atoms with Crippen LogP contribution in [-0.2, 0) is 4.79 Å². The molecule has 0 aromatic rings. The molecule has 77 valence electrons. The first-order valence-corrected chi connectivity index (χ1v) is 4.98. The maximum Gasteiger partial charge on any atom is 0.224 e. The maximum absolute atomic E-state index is 11.5. The Bertz CT molecular complexity index is 165. The zero-order chi connectivity index (χ0) is 10.6. The number of amides is 1. The number of rotatable bonds is 5. The van der Waals surface area contributed by atoms with E-state index in [1.165, 1.54) is 0 Å². The summed E-state index contributed by atoms with van der Waals surface area (Å²) in [6, 6.07) is 0. The van der Waals surface area contributed by atoms with Crippen molar-refractivity contribution in [2.45, 2.75) is 40.5 Å². The standard InChI is InChI=1S/C11H22NO/c1-6-7-11(8(2)3,9(4)5)10(12)13/h8-9H,1,6-7H2,2-5H3,(H2,12,13). The molecule has 2 heteroatoms. The largest absolute Gasteiger partial charge is 0.369 e. The monoisotopic (exact) mass is 184 g/mol. The maximum atomic E-state index is 11.5. The molecule has 0 bridgehead atoms. The average molecular weight is 184 g/mol. The molecule has 0 aromatic carbocycles. The third kappa shape index (κ3) is 2.23. The molecule has 1 radical (unpaired) electrons. The van der Waals surface area contributed by atoms with Crippen molar-refractivity contribution in [2.75, 3.05) is 0 Å². The number of primary amides is 1. The summed E-state index contributed by atoms with van der Waals surface area (Å²) in [7, 11) is 0. The van der Waals surface area contributed by atoms with Crippen LogP contribution in [0.5, 0.6) is 0 Å². The van der Waals surface area contributed by atoms with Gasteiger partial charge in [0.2, 0.25) is 5.91 Å². The summed E-state index contributed by atoms with van der Waals surface area (Å²) in [6.45, 7) is 12.0. The second kappa shape index (κ2) is 4.64. The first-order valence-electron chi connectivity index (χ1n) is 4.98. The van der Waals surface area contributed by atoms with Crippen LogP contribution in [0.15, 0.2) is 0 Å². The summed E-state index contributed by atoms with van der Waals surface area (Å²) in [5, 5.41) is 0. The molecule has 0 heterocycles. The molecular weight excluding hydrogens is 162 g/mol. The Morgan fingerprint density at radius 1 is 1.31 bits per heavy atom. The summed E-state index contributed by atoms with van der Waals surface area (Å²) in [5.41, 5.74) is 5.12. The SMILES string of the molecule is [CH2]CCC(C(N)=O)(C(C)C)C(C)C. The van der Waals surface area contributed by atoms with Crippen LogP contribution < -0.4 is 5.73 Å². The lowest BCUT2D eigenvalue weighted by atomic mass is 9.66. The van der Waals surface area contributed by atoms with Gasteiger partial charge in [-0.2, -0.15) is 0 Å². The minimum Gasteiger partial charge on any atom is -0.369 e. The van der Waals surface area contributed by atoms with Crippen LogP contribution in [-0.4, -0.2) is 5.91 Å². The van der Waals surface area contributed by atoms with Crippen molar-refractivity contribution in [3.05, 3.63) is 6.92 Å². The first kappa shape index (κ1) is 12.5. The fraction of sp³-hybridized carbons (Fsp3) is 0.818. The number of nitrogens with two attached hydrogens (primary N) is 1. The molecule has 0 aliphatic carbocycles. The van der Waals surface area contributed by atoms with Gasteiger partial charge in [0.05, 0.1) is 5.41 Å². The van der Waals surface area contributed by atoms with E-state index in [9.17, 15) is 4.79 Å². The van der Waals surface area contributed by atoms with Gasteiger partial charge in [0.1, 0.15) is 0 Å². The average Bonchev–Trinajstić information content (AvgIpc) is 1.97. The predicted octanol–water partition coefficient (Wildman–Crippen LogP) is 2.38. The van der Waals surface area contributed by atoms with Crippen molar-refractivity contribution >= 4 is 5.91 Å². The van der Waals surface area contributed by atoms with E-state index in [1.54, 1.807) is 0 Å². The summed E-state index contributed by atoms with van der Waals surface area (Å²) in [5.74, 6) is 0.389.